The van der Waals surface area contributed by atoms with Crippen LogP contribution in [0.25, 0.3) is 11.3 Å². The van der Waals surface area contributed by atoms with Crippen molar-refractivity contribution in [3.8, 4) is 17.0 Å². The van der Waals surface area contributed by atoms with Crippen molar-refractivity contribution in [3.05, 3.63) is 40.7 Å². The highest BCUT2D eigenvalue weighted by atomic mass is 16.5. The summed E-state index contributed by atoms with van der Waals surface area (Å²) in [4.78, 5) is 11.1. The van der Waals surface area contributed by atoms with E-state index in [2.05, 4.69) is 17.1 Å². The number of benzene rings is 1. The fourth-order valence-electron chi connectivity index (χ4n) is 1.90. The molecule has 2 rings (SSSR count). The van der Waals surface area contributed by atoms with Gasteiger partial charge in [0.15, 0.2) is 0 Å². The highest BCUT2D eigenvalue weighted by Gasteiger charge is 2.05. The van der Waals surface area contributed by atoms with Crippen molar-refractivity contribution < 1.29 is 4.74 Å². The molecular weight excluding hydrogens is 254 g/mol. The van der Waals surface area contributed by atoms with E-state index < -0.39 is 0 Å². The number of anilines is 1. The lowest BCUT2D eigenvalue weighted by Crippen LogP contribution is -2.09. The first kappa shape index (κ1) is 14.1. The summed E-state index contributed by atoms with van der Waals surface area (Å²) in [6.07, 6.45) is 3.42. The molecular formula is C15H19N3O2. The van der Waals surface area contributed by atoms with Gasteiger partial charge in [-0.15, -0.1) is 0 Å². The number of ether oxygens (including phenoxy) is 1. The first-order valence-corrected chi connectivity index (χ1v) is 6.79. The van der Waals surface area contributed by atoms with E-state index in [4.69, 9.17) is 10.5 Å². The van der Waals surface area contributed by atoms with Gasteiger partial charge >= 0.3 is 0 Å². The lowest BCUT2D eigenvalue weighted by molar-refractivity contribution is 0.306. The molecule has 0 amide bonds. The van der Waals surface area contributed by atoms with Gasteiger partial charge in [0.25, 0.3) is 5.56 Å². The van der Waals surface area contributed by atoms with E-state index in [9.17, 15) is 4.79 Å². The van der Waals surface area contributed by atoms with Gasteiger partial charge in [-0.3, -0.25) is 4.79 Å². The van der Waals surface area contributed by atoms with Crippen molar-refractivity contribution in [2.75, 3.05) is 12.3 Å². The maximum atomic E-state index is 11.1. The Hall–Kier alpha value is -2.30. The Kier molecular flexibility index (Phi) is 4.76. The summed E-state index contributed by atoms with van der Waals surface area (Å²) in [5, 5.41) is 6.35. The van der Waals surface area contributed by atoms with E-state index in [1.54, 1.807) is 0 Å². The number of nitrogens with one attached hydrogen (secondary N) is 1. The number of H-pyrrole nitrogens is 1. The molecule has 0 aliphatic heterocycles. The van der Waals surface area contributed by atoms with Gasteiger partial charge < -0.3 is 10.5 Å². The third-order valence-electron chi connectivity index (χ3n) is 2.98. The van der Waals surface area contributed by atoms with Gasteiger partial charge in [0, 0.05) is 11.6 Å². The van der Waals surface area contributed by atoms with Gasteiger partial charge in [0.2, 0.25) is 0 Å². The van der Waals surface area contributed by atoms with Crippen LogP contribution in [0.5, 0.6) is 5.75 Å². The van der Waals surface area contributed by atoms with E-state index in [-0.39, 0.29) is 5.56 Å². The molecule has 1 heterocycles. The van der Waals surface area contributed by atoms with Crippen molar-refractivity contribution in [2.45, 2.75) is 26.2 Å². The van der Waals surface area contributed by atoms with Crippen LogP contribution in [0.1, 0.15) is 26.2 Å². The average molecular weight is 273 g/mol. The molecule has 0 atom stereocenters. The summed E-state index contributed by atoms with van der Waals surface area (Å²) >= 11 is 0. The van der Waals surface area contributed by atoms with Gasteiger partial charge in [0.1, 0.15) is 11.4 Å². The summed E-state index contributed by atoms with van der Waals surface area (Å²) < 4.78 is 5.64. The Labute approximate surface area is 117 Å². The summed E-state index contributed by atoms with van der Waals surface area (Å²) in [5.41, 5.74) is 7.27. The Bertz CT molecular complexity index is 605. The molecule has 3 N–H and O–H groups in total. The number of nitrogen functional groups attached to an aromatic ring is 1. The van der Waals surface area contributed by atoms with E-state index in [0.29, 0.717) is 11.4 Å². The van der Waals surface area contributed by atoms with Gasteiger partial charge in [0.05, 0.1) is 12.3 Å². The van der Waals surface area contributed by atoms with Crippen molar-refractivity contribution >= 4 is 5.69 Å². The van der Waals surface area contributed by atoms with Crippen molar-refractivity contribution in [3.63, 3.8) is 0 Å². The van der Waals surface area contributed by atoms with Crippen LogP contribution >= 0.6 is 0 Å². The number of unbranched alkanes of at least 4 members (excludes halogenated alkanes) is 2. The monoisotopic (exact) mass is 273 g/mol. The number of nitrogens with zero attached hydrogens (tertiary/aromatic N) is 1. The van der Waals surface area contributed by atoms with E-state index in [1.807, 2.05) is 24.3 Å². The van der Waals surface area contributed by atoms with E-state index >= 15 is 0 Å². The molecule has 20 heavy (non-hydrogen) atoms. The van der Waals surface area contributed by atoms with Gasteiger partial charge in [-0.05, 0) is 30.7 Å². The van der Waals surface area contributed by atoms with Gasteiger partial charge in [-0.25, -0.2) is 5.10 Å². The summed E-state index contributed by atoms with van der Waals surface area (Å²) in [6, 6.07) is 8.86. The molecule has 2 aromatic rings. The lowest BCUT2D eigenvalue weighted by Gasteiger charge is -2.07. The van der Waals surface area contributed by atoms with Gasteiger partial charge in [-0.2, -0.15) is 5.10 Å². The highest BCUT2D eigenvalue weighted by molar-refractivity contribution is 5.71. The molecule has 0 saturated heterocycles. The fraction of sp³-hybridized carbons (Fsp3) is 0.333. The molecule has 0 bridgehead atoms. The maximum Gasteiger partial charge on any atom is 0.266 e. The molecule has 0 fully saturated rings. The first-order chi connectivity index (χ1) is 9.70. The molecule has 106 valence electrons. The molecule has 1 aromatic heterocycles. The molecule has 0 radical (unpaired) electrons. The molecule has 0 unspecified atom stereocenters. The summed E-state index contributed by atoms with van der Waals surface area (Å²) in [6.45, 7) is 2.89. The smallest absolute Gasteiger partial charge is 0.266 e. The zero-order valence-corrected chi connectivity index (χ0v) is 11.6. The largest absolute Gasteiger partial charge is 0.494 e. The number of aromatic nitrogens is 2. The Morgan fingerprint density at radius 3 is 2.65 bits per heavy atom. The fourth-order valence-corrected chi connectivity index (χ4v) is 1.90. The first-order valence-electron chi connectivity index (χ1n) is 6.79. The quantitative estimate of drug-likeness (QED) is 0.793. The molecule has 0 aliphatic rings. The Balaban J connectivity index is 2.06. The predicted molar refractivity (Wildman–Crippen MR) is 79.7 cm³/mol. The van der Waals surface area contributed by atoms with Crippen molar-refractivity contribution in [1.82, 2.24) is 10.2 Å². The molecule has 0 saturated carbocycles. The number of rotatable bonds is 6. The van der Waals surface area contributed by atoms with E-state index in [0.717, 1.165) is 24.3 Å². The van der Waals surface area contributed by atoms with Gasteiger partial charge in [-0.1, -0.05) is 19.8 Å². The predicted octanol–water partition coefficient (Wildman–Crippen LogP) is 2.59. The van der Waals surface area contributed by atoms with Crippen LogP contribution in [0.15, 0.2) is 35.1 Å². The second-order valence-electron chi connectivity index (χ2n) is 4.62. The van der Waals surface area contributed by atoms with Crippen LogP contribution in [0.3, 0.4) is 0 Å². The number of nitrogens with two attached hydrogens (primary N) is 1. The van der Waals surface area contributed by atoms with E-state index in [1.165, 1.54) is 18.9 Å². The zero-order valence-electron chi connectivity index (χ0n) is 11.6. The average Bonchev–Trinajstić information content (AvgIpc) is 2.45. The minimum atomic E-state index is -0.304. The normalized spacial score (nSPS) is 10.4. The van der Waals surface area contributed by atoms with Crippen molar-refractivity contribution in [2.24, 2.45) is 0 Å². The standard InChI is InChI=1S/C15H19N3O2/c1-2-3-4-9-20-12-7-5-11(6-8-12)15-13(16)10-14(19)17-18-15/h5-8,10H,2-4,9H2,1H3,(H3,16,17,19). The van der Waals surface area contributed by atoms with Crippen LogP contribution in [0, 0.1) is 0 Å². The second kappa shape index (κ2) is 6.75. The van der Waals surface area contributed by atoms with Crippen LogP contribution in [0.2, 0.25) is 0 Å². The SMILES string of the molecule is CCCCCOc1ccc(-c2n[nH]c(=O)cc2N)cc1. The topological polar surface area (TPSA) is 81.0 Å². The zero-order chi connectivity index (χ0) is 14.4. The molecule has 0 aliphatic carbocycles. The lowest BCUT2D eigenvalue weighted by atomic mass is 10.1. The summed E-state index contributed by atoms with van der Waals surface area (Å²) in [5.74, 6) is 0.827. The van der Waals surface area contributed by atoms with Crippen molar-refractivity contribution in [1.29, 1.82) is 0 Å². The van der Waals surface area contributed by atoms with Crippen LogP contribution < -0.4 is 16.0 Å². The third kappa shape index (κ3) is 3.60. The number of hydrogen-bond acceptors (Lipinski definition) is 4. The number of hydrogen-bond donors (Lipinski definition) is 2. The van der Waals surface area contributed by atoms with Crippen LogP contribution in [0.4, 0.5) is 5.69 Å². The minimum Gasteiger partial charge on any atom is -0.494 e. The molecule has 5 heteroatoms. The molecule has 5 nitrogen and oxygen atoms in total. The molecule has 1 aromatic carbocycles. The third-order valence-corrected chi connectivity index (χ3v) is 2.98. The van der Waals surface area contributed by atoms with Crippen LogP contribution in [-0.2, 0) is 0 Å². The molecule has 0 spiro atoms. The van der Waals surface area contributed by atoms with Crippen LogP contribution in [-0.4, -0.2) is 16.8 Å². The Morgan fingerprint density at radius 1 is 1.25 bits per heavy atom. The minimum absolute atomic E-state index is 0.304. The second-order valence-corrected chi connectivity index (χ2v) is 4.62. The maximum absolute atomic E-state index is 11.1. The number of aromatic amines is 1. The summed E-state index contributed by atoms with van der Waals surface area (Å²) in [7, 11) is 0. The Morgan fingerprint density at radius 2 is 2.00 bits per heavy atom. The highest BCUT2D eigenvalue weighted by Crippen LogP contribution is 2.23.